The average molecular weight is 355 g/mol. The number of anilines is 1. The zero-order valence-electron chi connectivity index (χ0n) is 14.4. The zero-order valence-corrected chi connectivity index (χ0v) is 15.1. The number of aryl methyl sites for hydroxylation is 2. The van der Waals surface area contributed by atoms with E-state index in [1.54, 1.807) is 10.7 Å². The van der Waals surface area contributed by atoms with E-state index in [-0.39, 0.29) is 11.6 Å². The molecule has 3 aromatic rings. The molecule has 3 rings (SSSR count). The topological polar surface area (TPSA) is 59.8 Å². The fraction of sp³-hybridized carbons (Fsp3) is 0.211. The second-order valence-corrected chi connectivity index (χ2v) is 6.28. The summed E-state index contributed by atoms with van der Waals surface area (Å²) in [6, 6.07) is 13.4. The van der Waals surface area contributed by atoms with Gasteiger partial charge in [0.1, 0.15) is 0 Å². The molecule has 2 aromatic carbocycles. The highest BCUT2D eigenvalue weighted by atomic mass is 35.5. The summed E-state index contributed by atoms with van der Waals surface area (Å²) in [6.07, 6.45) is 0.976. The molecule has 0 radical (unpaired) electrons. The molecule has 0 bridgehead atoms. The predicted molar refractivity (Wildman–Crippen MR) is 99.6 cm³/mol. The van der Waals surface area contributed by atoms with Crippen molar-refractivity contribution in [2.75, 3.05) is 5.32 Å². The van der Waals surface area contributed by atoms with Gasteiger partial charge >= 0.3 is 0 Å². The van der Waals surface area contributed by atoms with Crippen molar-refractivity contribution in [3.63, 3.8) is 0 Å². The first-order chi connectivity index (χ1) is 12.0. The van der Waals surface area contributed by atoms with Crippen LogP contribution < -0.4 is 5.32 Å². The normalized spacial score (nSPS) is 10.7. The monoisotopic (exact) mass is 354 g/mol. The molecule has 25 heavy (non-hydrogen) atoms. The van der Waals surface area contributed by atoms with E-state index in [2.05, 4.69) is 22.6 Å². The van der Waals surface area contributed by atoms with E-state index < -0.39 is 0 Å². The van der Waals surface area contributed by atoms with Crippen molar-refractivity contribution in [1.29, 1.82) is 0 Å². The molecule has 5 nitrogen and oxygen atoms in total. The van der Waals surface area contributed by atoms with Crippen LogP contribution in [-0.2, 0) is 6.42 Å². The largest absolute Gasteiger partial charge is 0.320 e. The van der Waals surface area contributed by atoms with E-state index >= 15 is 0 Å². The van der Waals surface area contributed by atoms with Crippen LogP contribution >= 0.6 is 11.6 Å². The zero-order chi connectivity index (χ0) is 18.0. The predicted octanol–water partition coefficient (Wildman–Crippen LogP) is 4.35. The molecular formula is C19H19ClN4O. The van der Waals surface area contributed by atoms with E-state index in [1.807, 2.05) is 50.2 Å². The molecule has 0 aliphatic rings. The van der Waals surface area contributed by atoms with Crippen LogP contribution in [0.3, 0.4) is 0 Å². The van der Waals surface area contributed by atoms with E-state index in [0.717, 1.165) is 17.7 Å². The average Bonchev–Trinajstić information content (AvgIpc) is 3.00. The number of hydrogen-bond donors (Lipinski definition) is 1. The first kappa shape index (κ1) is 17.2. The molecule has 0 saturated heterocycles. The Morgan fingerprint density at radius 2 is 1.88 bits per heavy atom. The highest BCUT2D eigenvalue weighted by Gasteiger charge is 2.17. The molecule has 0 unspecified atom stereocenters. The molecule has 0 fully saturated rings. The van der Waals surface area contributed by atoms with Gasteiger partial charge in [-0.05, 0) is 55.7 Å². The quantitative estimate of drug-likeness (QED) is 0.757. The van der Waals surface area contributed by atoms with Crippen LogP contribution in [0, 0.1) is 13.8 Å². The molecule has 0 atom stereocenters. The lowest BCUT2D eigenvalue weighted by Crippen LogP contribution is -2.14. The Morgan fingerprint density at radius 1 is 1.16 bits per heavy atom. The highest BCUT2D eigenvalue weighted by Crippen LogP contribution is 2.21. The lowest BCUT2D eigenvalue weighted by Gasteiger charge is -2.07. The summed E-state index contributed by atoms with van der Waals surface area (Å²) in [5, 5.41) is 11.6. The Labute approximate surface area is 151 Å². The molecule has 1 N–H and O–H groups in total. The van der Waals surface area contributed by atoms with Crippen molar-refractivity contribution < 1.29 is 4.79 Å². The number of aromatic nitrogens is 3. The number of benzene rings is 2. The van der Waals surface area contributed by atoms with Crippen LogP contribution in [0.1, 0.15) is 34.2 Å². The Kier molecular flexibility index (Phi) is 4.86. The van der Waals surface area contributed by atoms with Crippen LogP contribution in [0.5, 0.6) is 0 Å². The van der Waals surface area contributed by atoms with Crippen molar-refractivity contribution in [3.05, 3.63) is 70.0 Å². The Bertz CT molecular complexity index is 916. The van der Waals surface area contributed by atoms with E-state index in [9.17, 15) is 4.79 Å². The molecule has 0 saturated carbocycles. The fourth-order valence-corrected chi connectivity index (χ4v) is 2.70. The lowest BCUT2D eigenvalue weighted by molar-refractivity contribution is 0.102. The third kappa shape index (κ3) is 3.56. The second-order valence-electron chi connectivity index (χ2n) is 5.87. The standard InChI is InChI=1S/C19H19ClN4O/c1-4-14-6-9-16(10-7-14)24-13(3)18(22-23-24)19(25)21-15-8-5-12(2)17(20)11-15/h5-11H,4H2,1-3H3,(H,21,25). The van der Waals surface area contributed by atoms with Gasteiger partial charge in [-0.1, -0.05) is 41.9 Å². The van der Waals surface area contributed by atoms with Gasteiger partial charge in [-0.2, -0.15) is 0 Å². The lowest BCUT2D eigenvalue weighted by atomic mass is 10.1. The third-order valence-electron chi connectivity index (χ3n) is 4.13. The van der Waals surface area contributed by atoms with Crippen LogP contribution in [0.15, 0.2) is 42.5 Å². The molecule has 128 valence electrons. The highest BCUT2D eigenvalue weighted by molar-refractivity contribution is 6.31. The molecule has 1 heterocycles. The van der Waals surface area contributed by atoms with Gasteiger partial charge in [-0.15, -0.1) is 5.10 Å². The van der Waals surface area contributed by atoms with E-state index in [1.165, 1.54) is 5.56 Å². The summed E-state index contributed by atoms with van der Waals surface area (Å²) in [5.74, 6) is -0.311. The summed E-state index contributed by atoms with van der Waals surface area (Å²) in [5.41, 5.74) is 4.67. The number of halogens is 1. The summed E-state index contributed by atoms with van der Waals surface area (Å²) in [6.45, 7) is 5.84. The van der Waals surface area contributed by atoms with Gasteiger partial charge < -0.3 is 5.32 Å². The van der Waals surface area contributed by atoms with Crippen molar-refractivity contribution in [1.82, 2.24) is 15.0 Å². The minimum Gasteiger partial charge on any atom is -0.320 e. The van der Waals surface area contributed by atoms with Crippen molar-refractivity contribution >= 4 is 23.2 Å². The van der Waals surface area contributed by atoms with E-state index in [4.69, 9.17) is 11.6 Å². The van der Waals surface area contributed by atoms with Gasteiger partial charge in [0.05, 0.1) is 11.4 Å². The molecule has 6 heteroatoms. The van der Waals surface area contributed by atoms with Gasteiger partial charge in [0.15, 0.2) is 5.69 Å². The van der Waals surface area contributed by atoms with E-state index in [0.29, 0.717) is 16.4 Å². The number of nitrogens with one attached hydrogen (secondary N) is 1. The molecule has 0 spiro atoms. The number of amides is 1. The SMILES string of the molecule is CCc1ccc(-n2nnc(C(=O)Nc3ccc(C)c(Cl)c3)c2C)cc1. The van der Waals surface area contributed by atoms with Gasteiger partial charge in [-0.25, -0.2) is 4.68 Å². The second kappa shape index (κ2) is 7.07. The molecule has 0 aliphatic carbocycles. The maximum absolute atomic E-state index is 12.5. The van der Waals surface area contributed by atoms with Crippen LogP contribution in [0.4, 0.5) is 5.69 Å². The Balaban J connectivity index is 1.84. The van der Waals surface area contributed by atoms with Gasteiger partial charge in [0.25, 0.3) is 5.91 Å². The summed E-state index contributed by atoms with van der Waals surface area (Å²) in [7, 11) is 0. The number of carbonyl (C=O) groups excluding carboxylic acids is 1. The smallest absolute Gasteiger partial charge is 0.278 e. The Morgan fingerprint density at radius 3 is 2.52 bits per heavy atom. The first-order valence-corrected chi connectivity index (χ1v) is 8.46. The van der Waals surface area contributed by atoms with Gasteiger partial charge in [0.2, 0.25) is 0 Å². The summed E-state index contributed by atoms with van der Waals surface area (Å²) >= 11 is 6.10. The van der Waals surface area contributed by atoms with Crippen LogP contribution in [0.25, 0.3) is 5.69 Å². The first-order valence-electron chi connectivity index (χ1n) is 8.08. The maximum atomic E-state index is 12.5. The molecule has 1 amide bonds. The Hall–Kier alpha value is -2.66. The van der Waals surface area contributed by atoms with Crippen molar-refractivity contribution in [2.24, 2.45) is 0 Å². The summed E-state index contributed by atoms with van der Waals surface area (Å²) in [4.78, 5) is 12.5. The molecule has 0 aliphatic heterocycles. The van der Waals surface area contributed by atoms with Crippen LogP contribution in [0.2, 0.25) is 5.02 Å². The molecular weight excluding hydrogens is 336 g/mol. The summed E-state index contributed by atoms with van der Waals surface area (Å²) < 4.78 is 1.66. The number of hydrogen-bond acceptors (Lipinski definition) is 3. The minimum atomic E-state index is -0.311. The van der Waals surface area contributed by atoms with Gasteiger partial charge in [0, 0.05) is 10.7 Å². The van der Waals surface area contributed by atoms with Crippen molar-refractivity contribution in [2.45, 2.75) is 27.2 Å². The van der Waals surface area contributed by atoms with Crippen molar-refractivity contribution in [3.8, 4) is 5.69 Å². The van der Waals surface area contributed by atoms with Crippen LogP contribution in [-0.4, -0.2) is 20.9 Å². The minimum absolute atomic E-state index is 0.288. The maximum Gasteiger partial charge on any atom is 0.278 e. The number of carbonyl (C=O) groups is 1. The number of nitrogens with zero attached hydrogens (tertiary/aromatic N) is 3. The third-order valence-corrected chi connectivity index (χ3v) is 4.54. The number of rotatable bonds is 4. The van der Waals surface area contributed by atoms with Gasteiger partial charge in [-0.3, -0.25) is 4.79 Å². The fourth-order valence-electron chi connectivity index (χ4n) is 2.52. The molecule has 1 aromatic heterocycles.